The number of nitrogens with one attached hydrogen (secondary N) is 1. The molecule has 1 fully saturated rings. The fourth-order valence-corrected chi connectivity index (χ4v) is 3.07. The van der Waals surface area contributed by atoms with Gasteiger partial charge in [-0.3, -0.25) is 0 Å². The average Bonchev–Trinajstić information content (AvgIpc) is 2.57. The molecule has 0 bridgehead atoms. The van der Waals surface area contributed by atoms with E-state index in [1.54, 1.807) is 6.07 Å². The topological polar surface area (TPSA) is 12.0 Å². The maximum Gasteiger partial charge on any atom is 0.124 e. The highest BCUT2D eigenvalue weighted by Crippen LogP contribution is 2.26. The zero-order valence-electron chi connectivity index (χ0n) is 10.9. The second-order valence-electron chi connectivity index (χ2n) is 5.24. The molecule has 0 heterocycles. The Morgan fingerprint density at radius 2 is 1.89 bits per heavy atom. The highest BCUT2D eigenvalue weighted by Gasteiger charge is 2.17. The Balaban J connectivity index is 1.99. The summed E-state index contributed by atoms with van der Waals surface area (Å²) in [6.07, 6.45) is 7.79. The lowest BCUT2D eigenvalue weighted by atomic mass is 10.0. The van der Waals surface area contributed by atoms with Crippen molar-refractivity contribution < 1.29 is 4.39 Å². The van der Waals surface area contributed by atoms with Gasteiger partial charge in [0.1, 0.15) is 5.82 Å². The van der Waals surface area contributed by atoms with Crippen molar-refractivity contribution in [3.8, 4) is 0 Å². The number of benzene rings is 1. The molecule has 1 aliphatic carbocycles. The Hall–Kier alpha value is -0.600. The van der Waals surface area contributed by atoms with Gasteiger partial charge in [-0.2, -0.15) is 0 Å². The summed E-state index contributed by atoms with van der Waals surface area (Å²) in [5.74, 6) is -0.273. The van der Waals surface area contributed by atoms with Gasteiger partial charge in [-0.15, -0.1) is 0 Å². The van der Waals surface area contributed by atoms with E-state index < -0.39 is 0 Å². The quantitative estimate of drug-likeness (QED) is 0.774. The molecule has 100 valence electrons. The molecule has 0 aliphatic heterocycles. The third-order valence-electron chi connectivity index (χ3n) is 3.77. The molecular weight excluding hydrogens is 249 g/mol. The molecule has 0 spiro atoms. The highest BCUT2D eigenvalue weighted by atomic mass is 35.5. The normalized spacial score (nSPS) is 19.5. The summed E-state index contributed by atoms with van der Waals surface area (Å²) in [5.41, 5.74) is 0.988. The summed E-state index contributed by atoms with van der Waals surface area (Å²) < 4.78 is 13.0. The van der Waals surface area contributed by atoms with E-state index in [0.29, 0.717) is 11.1 Å². The first kappa shape index (κ1) is 13.8. The maximum atomic E-state index is 13.0. The second kappa shape index (κ2) is 6.53. The predicted octanol–water partition coefficient (Wildman–Crippen LogP) is 4.85. The largest absolute Gasteiger partial charge is 0.307 e. The molecule has 18 heavy (non-hydrogen) atoms. The highest BCUT2D eigenvalue weighted by molar-refractivity contribution is 6.31. The third-order valence-corrected chi connectivity index (χ3v) is 4.10. The molecular formula is C15H21ClFN. The molecule has 2 rings (SSSR count). The third kappa shape index (κ3) is 3.69. The van der Waals surface area contributed by atoms with Crippen LogP contribution < -0.4 is 5.32 Å². The predicted molar refractivity (Wildman–Crippen MR) is 74.5 cm³/mol. The van der Waals surface area contributed by atoms with E-state index in [4.69, 9.17) is 11.6 Å². The van der Waals surface area contributed by atoms with Gasteiger partial charge in [0.05, 0.1) is 0 Å². The van der Waals surface area contributed by atoms with Crippen LogP contribution in [0.15, 0.2) is 18.2 Å². The van der Waals surface area contributed by atoms with Crippen molar-refractivity contribution in [1.82, 2.24) is 5.32 Å². The summed E-state index contributed by atoms with van der Waals surface area (Å²) >= 11 is 6.09. The van der Waals surface area contributed by atoms with E-state index in [1.165, 1.54) is 50.7 Å². The summed E-state index contributed by atoms with van der Waals surface area (Å²) in [7, 11) is 0. The van der Waals surface area contributed by atoms with Gasteiger partial charge in [-0.1, -0.05) is 43.4 Å². The smallest absolute Gasteiger partial charge is 0.124 e. The molecule has 1 unspecified atom stereocenters. The van der Waals surface area contributed by atoms with Gasteiger partial charge < -0.3 is 5.32 Å². The average molecular weight is 270 g/mol. The summed E-state index contributed by atoms with van der Waals surface area (Å²) in [6.45, 7) is 2.10. The van der Waals surface area contributed by atoms with Crippen LogP contribution in [0.1, 0.15) is 57.1 Å². The Morgan fingerprint density at radius 3 is 2.50 bits per heavy atom. The van der Waals surface area contributed by atoms with E-state index in [9.17, 15) is 4.39 Å². The van der Waals surface area contributed by atoms with Gasteiger partial charge in [-0.05, 0) is 37.5 Å². The standard InChI is InChI=1S/C15H21ClFN/c1-11(14-9-8-12(17)10-15(14)16)18-13-6-4-2-3-5-7-13/h8-11,13,18H,2-7H2,1H3. The molecule has 0 aromatic heterocycles. The van der Waals surface area contributed by atoms with Crippen molar-refractivity contribution >= 4 is 11.6 Å². The van der Waals surface area contributed by atoms with Crippen molar-refractivity contribution in [2.45, 2.75) is 57.5 Å². The van der Waals surface area contributed by atoms with Crippen LogP contribution >= 0.6 is 11.6 Å². The maximum absolute atomic E-state index is 13.0. The van der Waals surface area contributed by atoms with Crippen LogP contribution in [0, 0.1) is 5.82 Å². The van der Waals surface area contributed by atoms with Crippen LogP contribution in [0.2, 0.25) is 5.02 Å². The van der Waals surface area contributed by atoms with Crippen molar-refractivity contribution in [2.75, 3.05) is 0 Å². The van der Waals surface area contributed by atoms with Crippen molar-refractivity contribution in [3.63, 3.8) is 0 Å². The van der Waals surface area contributed by atoms with Gasteiger partial charge in [0.15, 0.2) is 0 Å². The molecule has 1 aromatic rings. The van der Waals surface area contributed by atoms with Gasteiger partial charge in [-0.25, -0.2) is 4.39 Å². The van der Waals surface area contributed by atoms with E-state index in [-0.39, 0.29) is 11.9 Å². The fraction of sp³-hybridized carbons (Fsp3) is 0.600. The molecule has 3 heteroatoms. The molecule has 1 aliphatic rings. The van der Waals surface area contributed by atoms with Crippen molar-refractivity contribution in [2.24, 2.45) is 0 Å². The van der Waals surface area contributed by atoms with Crippen LogP contribution in [-0.4, -0.2) is 6.04 Å². The van der Waals surface area contributed by atoms with E-state index in [0.717, 1.165) is 5.56 Å². The fourth-order valence-electron chi connectivity index (χ4n) is 2.74. The van der Waals surface area contributed by atoms with Gasteiger partial charge in [0.25, 0.3) is 0 Å². The Morgan fingerprint density at radius 1 is 1.22 bits per heavy atom. The molecule has 1 atom stereocenters. The lowest BCUT2D eigenvalue weighted by Gasteiger charge is -2.23. The van der Waals surface area contributed by atoms with Gasteiger partial charge in [0, 0.05) is 17.1 Å². The molecule has 1 saturated carbocycles. The van der Waals surface area contributed by atoms with Gasteiger partial charge >= 0.3 is 0 Å². The van der Waals surface area contributed by atoms with Crippen LogP contribution in [0.5, 0.6) is 0 Å². The minimum absolute atomic E-state index is 0.182. The van der Waals surface area contributed by atoms with E-state index >= 15 is 0 Å². The van der Waals surface area contributed by atoms with Crippen LogP contribution in [0.4, 0.5) is 4.39 Å². The number of rotatable bonds is 3. The molecule has 1 aromatic carbocycles. The van der Waals surface area contributed by atoms with Gasteiger partial charge in [0.2, 0.25) is 0 Å². The lowest BCUT2D eigenvalue weighted by Crippen LogP contribution is -2.31. The molecule has 1 nitrogen and oxygen atoms in total. The summed E-state index contributed by atoms with van der Waals surface area (Å²) in [6, 6.07) is 5.41. The molecule has 1 N–H and O–H groups in total. The molecule has 0 amide bonds. The summed E-state index contributed by atoms with van der Waals surface area (Å²) in [5, 5.41) is 4.15. The minimum atomic E-state index is -0.273. The zero-order valence-corrected chi connectivity index (χ0v) is 11.6. The minimum Gasteiger partial charge on any atom is -0.307 e. The monoisotopic (exact) mass is 269 g/mol. The first-order chi connectivity index (χ1) is 8.66. The van der Waals surface area contributed by atoms with Crippen LogP contribution in [0.3, 0.4) is 0 Å². The lowest BCUT2D eigenvalue weighted by molar-refractivity contribution is 0.414. The number of hydrogen-bond acceptors (Lipinski definition) is 1. The zero-order chi connectivity index (χ0) is 13.0. The number of halogens is 2. The van der Waals surface area contributed by atoms with E-state index in [2.05, 4.69) is 12.2 Å². The first-order valence-corrected chi connectivity index (χ1v) is 7.25. The van der Waals surface area contributed by atoms with Crippen molar-refractivity contribution in [1.29, 1.82) is 0 Å². The first-order valence-electron chi connectivity index (χ1n) is 6.88. The molecule has 0 saturated heterocycles. The Bertz CT molecular complexity index is 386. The second-order valence-corrected chi connectivity index (χ2v) is 5.65. The SMILES string of the molecule is CC(NC1CCCCCC1)c1ccc(F)cc1Cl. The molecule has 0 radical (unpaired) electrons. The summed E-state index contributed by atoms with van der Waals surface area (Å²) in [4.78, 5) is 0. The van der Waals surface area contributed by atoms with Crippen molar-refractivity contribution in [3.05, 3.63) is 34.6 Å². The van der Waals surface area contributed by atoms with Crippen LogP contribution in [-0.2, 0) is 0 Å². The van der Waals surface area contributed by atoms with E-state index in [1.807, 2.05) is 0 Å². The Labute approximate surface area is 114 Å². The van der Waals surface area contributed by atoms with Crippen LogP contribution in [0.25, 0.3) is 0 Å². The Kier molecular flexibility index (Phi) is 5.02. The number of hydrogen-bond donors (Lipinski definition) is 1.